The quantitative estimate of drug-likeness (QED) is 0.603. The molecule has 0 unspecified atom stereocenters. The van der Waals surface area contributed by atoms with Crippen molar-refractivity contribution in [1.82, 2.24) is 0 Å². The third kappa shape index (κ3) is 4.14. The van der Waals surface area contributed by atoms with Gasteiger partial charge in [0.15, 0.2) is 0 Å². The molecule has 0 saturated heterocycles. The fraction of sp³-hybridized carbons (Fsp3) is 0.889. The van der Waals surface area contributed by atoms with Gasteiger partial charge in [0, 0.05) is 6.42 Å². The lowest BCUT2D eigenvalue weighted by atomic mass is 9.86. The molecule has 0 bridgehead atoms. The van der Waals surface area contributed by atoms with Crippen LogP contribution in [0, 0.1) is 5.92 Å². The minimum Gasteiger partial charge on any atom is -0.412 e. The molecular weight excluding hydrogens is 140 g/mol. The fourth-order valence-corrected chi connectivity index (χ4v) is 1.80. The molecule has 0 aromatic carbocycles. The first kappa shape index (κ1) is 10.6. The Labute approximate surface area is 68.3 Å². The highest BCUT2D eigenvalue weighted by Crippen LogP contribution is 2.26. The van der Waals surface area contributed by atoms with E-state index in [0.29, 0.717) is 5.78 Å². The van der Waals surface area contributed by atoms with E-state index in [1.807, 2.05) is 0 Å². The van der Waals surface area contributed by atoms with Crippen molar-refractivity contribution in [2.24, 2.45) is 5.92 Å². The number of carbonyl (C=O) groups excluding carboxylic acids is 1. The van der Waals surface area contributed by atoms with Gasteiger partial charge in [-0.15, -0.1) is 0 Å². The van der Waals surface area contributed by atoms with Gasteiger partial charge in [-0.05, 0) is 12.8 Å². The minimum atomic E-state index is 0. The van der Waals surface area contributed by atoms with Crippen LogP contribution in [0.3, 0.4) is 0 Å². The van der Waals surface area contributed by atoms with Crippen molar-refractivity contribution < 1.29 is 10.3 Å². The summed E-state index contributed by atoms with van der Waals surface area (Å²) < 4.78 is 0. The fourth-order valence-electron chi connectivity index (χ4n) is 1.80. The molecule has 1 rings (SSSR count). The molecule has 0 spiro atoms. The molecule has 2 nitrogen and oxygen atoms in total. The van der Waals surface area contributed by atoms with Crippen molar-refractivity contribution in [2.75, 3.05) is 0 Å². The lowest BCUT2D eigenvalue weighted by molar-refractivity contribution is -0.118. The standard InChI is InChI=1S/C9H16O.H2O/c1-8(10)7-9-5-3-2-4-6-9;/h9H,2-7H2,1H3;1H2. The van der Waals surface area contributed by atoms with E-state index in [9.17, 15) is 4.79 Å². The zero-order valence-electron chi connectivity index (χ0n) is 7.23. The van der Waals surface area contributed by atoms with Crippen molar-refractivity contribution in [1.29, 1.82) is 0 Å². The van der Waals surface area contributed by atoms with Gasteiger partial charge in [-0.1, -0.05) is 32.1 Å². The highest BCUT2D eigenvalue weighted by molar-refractivity contribution is 5.75. The van der Waals surface area contributed by atoms with Crippen molar-refractivity contribution in [3.8, 4) is 0 Å². The zero-order chi connectivity index (χ0) is 7.40. The molecule has 2 N–H and O–H groups in total. The number of hydrogen-bond acceptors (Lipinski definition) is 1. The molecule has 0 radical (unpaired) electrons. The van der Waals surface area contributed by atoms with Crippen LogP contribution >= 0.6 is 0 Å². The van der Waals surface area contributed by atoms with E-state index in [2.05, 4.69) is 0 Å². The van der Waals surface area contributed by atoms with E-state index in [0.717, 1.165) is 12.3 Å². The minimum absolute atomic E-state index is 0. The first-order valence-corrected chi connectivity index (χ1v) is 4.28. The van der Waals surface area contributed by atoms with E-state index in [1.54, 1.807) is 6.92 Å². The van der Waals surface area contributed by atoms with Gasteiger partial charge in [0.25, 0.3) is 0 Å². The Hall–Kier alpha value is -0.370. The van der Waals surface area contributed by atoms with E-state index in [1.165, 1.54) is 32.1 Å². The van der Waals surface area contributed by atoms with Crippen LogP contribution in [0.25, 0.3) is 0 Å². The molecule has 0 aliphatic heterocycles. The van der Waals surface area contributed by atoms with Crippen LogP contribution in [-0.2, 0) is 4.79 Å². The average Bonchev–Trinajstić information content (AvgIpc) is 1.88. The number of ketones is 1. The Morgan fingerprint density at radius 2 is 1.82 bits per heavy atom. The van der Waals surface area contributed by atoms with E-state index in [4.69, 9.17) is 0 Å². The van der Waals surface area contributed by atoms with Gasteiger partial charge >= 0.3 is 0 Å². The molecule has 0 aromatic heterocycles. The van der Waals surface area contributed by atoms with Gasteiger partial charge in [-0.2, -0.15) is 0 Å². The average molecular weight is 158 g/mol. The first-order valence-electron chi connectivity index (χ1n) is 4.28. The molecule has 0 atom stereocenters. The Bertz CT molecular complexity index is 115. The predicted octanol–water partition coefficient (Wildman–Crippen LogP) is 1.72. The van der Waals surface area contributed by atoms with Crippen LogP contribution in [0.2, 0.25) is 0 Å². The highest BCUT2D eigenvalue weighted by atomic mass is 16.1. The molecular formula is C9H18O2. The molecule has 1 aliphatic carbocycles. The molecule has 0 aromatic rings. The second kappa shape index (κ2) is 5.30. The van der Waals surface area contributed by atoms with Crippen molar-refractivity contribution in [3.05, 3.63) is 0 Å². The lowest BCUT2D eigenvalue weighted by Crippen LogP contribution is -2.09. The third-order valence-corrected chi connectivity index (χ3v) is 2.30. The Morgan fingerprint density at radius 3 is 2.27 bits per heavy atom. The van der Waals surface area contributed by atoms with Gasteiger partial charge in [-0.3, -0.25) is 0 Å². The van der Waals surface area contributed by atoms with Gasteiger partial charge in [0.05, 0.1) is 0 Å². The second-order valence-corrected chi connectivity index (χ2v) is 3.41. The van der Waals surface area contributed by atoms with Crippen molar-refractivity contribution in [3.63, 3.8) is 0 Å². The monoisotopic (exact) mass is 158 g/mol. The topological polar surface area (TPSA) is 48.6 Å². The number of carbonyl (C=O) groups is 1. The summed E-state index contributed by atoms with van der Waals surface area (Å²) in [6.07, 6.45) is 7.49. The summed E-state index contributed by atoms with van der Waals surface area (Å²) in [7, 11) is 0. The maximum absolute atomic E-state index is 10.7. The summed E-state index contributed by atoms with van der Waals surface area (Å²) >= 11 is 0. The highest BCUT2D eigenvalue weighted by Gasteiger charge is 2.14. The van der Waals surface area contributed by atoms with Gasteiger partial charge in [0.2, 0.25) is 0 Å². The molecule has 11 heavy (non-hydrogen) atoms. The van der Waals surface area contributed by atoms with Crippen LogP contribution in [0.5, 0.6) is 0 Å². The number of hydrogen-bond donors (Lipinski definition) is 0. The Balaban J connectivity index is 0.000001000. The van der Waals surface area contributed by atoms with Gasteiger partial charge < -0.3 is 10.3 Å². The van der Waals surface area contributed by atoms with E-state index in [-0.39, 0.29) is 5.48 Å². The largest absolute Gasteiger partial charge is 0.412 e. The smallest absolute Gasteiger partial charge is 0.130 e. The number of Topliss-reactive ketones (excluding diaryl/α,β-unsaturated/α-hetero) is 1. The maximum atomic E-state index is 10.7. The van der Waals surface area contributed by atoms with Crippen LogP contribution in [0.15, 0.2) is 0 Å². The maximum Gasteiger partial charge on any atom is 0.130 e. The molecule has 0 amide bonds. The summed E-state index contributed by atoms with van der Waals surface area (Å²) in [5, 5.41) is 0. The molecule has 1 saturated carbocycles. The molecule has 1 aliphatic rings. The summed E-state index contributed by atoms with van der Waals surface area (Å²) in [5.41, 5.74) is 0. The van der Waals surface area contributed by atoms with E-state index >= 15 is 0 Å². The molecule has 1 fully saturated rings. The van der Waals surface area contributed by atoms with Crippen LogP contribution in [-0.4, -0.2) is 11.3 Å². The van der Waals surface area contributed by atoms with Crippen LogP contribution in [0.4, 0.5) is 0 Å². The first-order chi connectivity index (χ1) is 4.79. The van der Waals surface area contributed by atoms with E-state index < -0.39 is 0 Å². The summed E-state index contributed by atoms with van der Waals surface area (Å²) in [6, 6.07) is 0. The summed E-state index contributed by atoms with van der Waals surface area (Å²) in [6.45, 7) is 1.70. The van der Waals surface area contributed by atoms with Gasteiger partial charge in [0.1, 0.15) is 5.78 Å². The zero-order valence-corrected chi connectivity index (χ0v) is 7.23. The third-order valence-electron chi connectivity index (χ3n) is 2.30. The molecule has 2 heteroatoms. The predicted molar refractivity (Wildman–Crippen MR) is 45.5 cm³/mol. The van der Waals surface area contributed by atoms with Crippen molar-refractivity contribution in [2.45, 2.75) is 45.4 Å². The Morgan fingerprint density at radius 1 is 1.27 bits per heavy atom. The normalized spacial score (nSPS) is 19.0. The van der Waals surface area contributed by atoms with Crippen LogP contribution in [0.1, 0.15) is 45.4 Å². The molecule has 0 heterocycles. The summed E-state index contributed by atoms with van der Waals surface area (Å²) in [4.78, 5) is 10.7. The Kier molecular flexibility index (Phi) is 5.12. The van der Waals surface area contributed by atoms with Crippen molar-refractivity contribution >= 4 is 5.78 Å². The molecule has 66 valence electrons. The lowest BCUT2D eigenvalue weighted by Gasteiger charge is -2.19. The van der Waals surface area contributed by atoms with Gasteiger partial charge in [-0.25, -0.2) is 0 Å². The summed E-state index contributed by atoms with van der Waals surface area (Å²) in [5.74, 6) is 1.10. The number of rotatable bonds is 2. The second-order valence-electron chi connectivity index (χ2n) is 3.41. The SMILES string of the molecule is CC(=O)CC1CCCCC1.O. The van der Waals surface area contributed by atoms with Crippen LogP contribution < -0.4 is 0 Å².